The standard InChI is InChI=1S/C14H20N2O2S/c1-15-14(17)13-5-4-11-12(18-13)6-7-16(11)9-10-3-2-8-19-10/h2-3,8,11-13H,4-7,9H2,1H3,(H,15,17)/t11-,12-,13-/m1/s1. The zero-order chi connectivity index (χ0) is 13.2. The predicted molar refractivity (Wildman–Crippen MR) is 75.1 cm³/mol. The number of likely N-dealkylation sites (N-methyl/N-ethyl adjacent to an activating group) is 1. The first-order valence-corrected chi connectivity index (χ1v) is 7.79. The predicted octanol–water partition coefficient (Wildman–Crippen LogP) is 1.62. The van der Waals surface area contributed by atoms with Gasteiger partial charge in [-0.2, -0.15) is 0 Å². The highest BCUT2D eigenvalue weighted by molar-refractivity contribution is 7.09. The molecule has 0 unspecified atom stereocenters. The summed E-state index contributed by atoms with van der Waals surface area (Å²) in [5.74, 6) is 0.0233. The smallest absolute Gasteiger partial charge is 0.248 e. The molecule has 1 aromatic heterocycles. The van der Waals surface area contributed by atoms with Gasteiger partial charge in [0.2, 0.25) is 5.91 Å². The second-order valence-corrected chi connectivity index (χ2v) is 6.29. The fraction of sp³-hybridized carbons (Fsp3) is 0.643. The summed E-state index contributed by atoms with van der Waals surface area (Å²) in [5, 5.41) is 4.81. The largest absolute Gasteiger partial charge is 0.363 e. The van der Waals surface area contributed by atoms with E-state index >= 15 is 0 Å². The summed E-state index contributed by atoms with van der Waals surface area (Å²) < 4.78 is 5.96. The molecule has 19 heavy (non-hydrogen) atoms. The van der Waals surface area contributed by atoms with Crippen LogP contribution in [0.1, 0.15) is 24.1 Å². The van der Waals surface area contributed by atoms with Crippen LogP contribution in [-0.4, -0.2) is 42.6 Å². The summed E-state index contributed by atoms with van der Waals surface area (Å²) in [6.07, 6.45) is 2.93. The molecule has 4 nitrogen and oxygen atoms in total. The molecule has 0 aromatic carbocycles. The van der Waals surface area contributed by atoms with E-state index in [1.807, 2.05) is 11.3 Å². The van der Waals surface area contributed by atoms with Crippen molar-refractivity contribution in [2.24, 2.45) is 0 Å². The van der Waals surface area contributed by atoms with Crippen molar-refractivity contribution in [3.63, 3.8) is 0 Å². The van der Waals surface area contributed by atoms with Gasteiger partial charge in [0.05, 0.1) is 6.10 Å². The molecule has 1 amide bonds. The number of hydrogen-bond acceptors (Lipinski definition) is 4. The van der Waals surface area contributed by atoms with Crippen LogP contribution in [-0.2, 0) is 16.1 Å². The van der Waals surface area contributed by atoms with Crippen molar-refractivity contribution in [2.45, 2.75) is 44.1 Å². The summed E-state index contributed by atoms with van der Waals surface area (Å²) in [4.78, 5) is 15.6. The molecule has 0 bridgehead atoms. The minimum Gasteiger partial charge on any atom is -0.363 e. The molecule has 104 valence electrons. The fourth-order valence-corrected chi connectivity index (χ4v) is 3.90. The molecule has 0 radical (unpaired) electrons. The van der Waals surface area contributed by atoms with Crippen LogP contribution < -0.4 is 5.32 Å². The monoisotopic (exact) mass is 280 g/mol. The highest BCUT2D eigenvalue weighted by Gasteiger charge is 2.41. The summed E-state index contributed by atoms with van der Waals surface area (Å²) in [5.41, 5.74) is 0. The SMILES string of the molecule is CNC(=O)[C@H]1CC[C@@H]2[C@@H](CCN2Cc2cccs2)O1. The highest BCUT2D eigenvalue weighted by atomic mass is 32.1. The average molecular weight is 280 g/mol. The van der Waals surface area contributed by atoms with Gasteiger partial charge < -0.3 is 10.1 Å². The number of likely N-dealkylation sites (tertiary alicyclic amines) is 1. The topological polar surface area (TPSA) is 41.6 Å². The van der Waals surface area contributed by atoms with Crippen LogP contribution in [0.5, 0.6) is 0 Å². The van der Waals surface area contributed by atoms with Crippen LogP contribution in [0.15, 0.2) is 17.5 Å². The van der Waals surface area contributed by atoms with E-state index in [1.165, 1.54) is 4.88 Å². The molecule has 2 fully saturated rings. The molecule has 2 saturated heterocycles. The van der Waals surface area contributed by atoms with E-state index < -0.39 is 0 Å². The number of thiophene rings is 1. The Morgan fingerprint density at radius 1 is 1.53 bits per heavy atom. The lowest BCUT2D eigenvalue weighted by Gasteiger charge is -2.35. The summed E-state index contributed by atoms with van der Waals surface area (Å²) in [6, 6.07) is 4.78. The lowest BCUT2D eigenvalue weighted by molar-refractivity contribution is -0.143. The third-order valence-electron chi connectivity index (χ3n) is 4.14. The Balaban J connectivity index is 1.60. The van der Waals surface area contributed by atoms with Gasteiger partial charge in [-0.1, -0.05) is 6.07 Å². The third-order valence-corrected chi connectivity index (χ3v) is 5.00. The number of fused-ring (bicyclic) bond motifs is 1. The maximum Gasteiger partial charge on any atom is 0.248 e. The normalized spacial score (nSPS) is 31.1. The first-order chi connectivity index (χ1) is 9.28. The van der Waals surface area contributed by atoms with Gasteiger partial charge in [-0.15, -0.1) is 11.3 Å². The second-order valence-electron chi connectivity index (χ2n) is 5.26. The Labute approximate surface area is 117 Å². The number of nitrogens with one attached hydrogen (secondary N) is 1. The van der Waals surface area contributed by atoms with Crippen molar-refractivity contribution in [2.75, 3.05) is 13.6 Å². The minimum absolute atomic E-state index is 0.0233. The van der Waals surface area contributed by atoms with Gasteiger partial charge in [-0.3, -0.25) is 9.69 Å². The van der Waals surface area contributed by atoms with Crippen LogP contribution in [0.2, 0.25) is 0 Å². The van der Waals surface area contributed by atoms with E-state index in [2.05, 4.69) is 27.7 Å². The summed E-state index contributed by atoms with van der Waals surface area (Å²) in [7, 11) is 1.68. The second kappa shape index (κ2) is 5.61. The molecular formula is C14H20N2O2S. The highest BCUT2D eigenvalue weighted by Crippen LogP contribution is 2.32. The number of ether oxygens (including phenoxy) is 1. The van der Waals surface area contributed by atoms with Crippen LogP contribution in [0, 0.1) is 0 Å². The number of nitrogens with zero attached hydrogens (tertiary/aromatic N) is 1. The van der Waals surface area contributed by atoms with Crippen molar-refractivity contribution in [1.82, 2.24) is 10.2 Å². The van der Waals surface area contributed by atoms with Gasteiger partial charge in [0.25, 0.3) is 0 Å². The van der Waals surface area contributed by atoms with Gasteiger partial charge >= 0.3 is 0 Å². The van der Waals surface area contributed by atoms with Gasteiger partial charge in [-0.25, -0.2) is 0 Å². The van der Waals surface area contributed by atoms with Crippen molar-refractivity contribution in [3.8, 4) is 0 Å². The Bertz CT molecular complexity index is 435. The lowest BCUT2D eigenvalue weighted by atomic mass is 9.98. The first-order valence-electron chi connectivity index (χ1n) is 6.91. The minimum atomic E-state index is -0.243. The number of carbonyl (C=O) groups is 1. The molecule has 0 saturated carbocycles. The average Bonchev–Trinajstić information content (AvgIpc) is 3.08. The Kier molecular flexibility index (Phi) is 3.86. The molecule has 1 aromatic rings. The zero-order valence-electron chi connectivity index (χ0n) is 11.2. The van der Waals surface area contributed by atoms with E-state index in [4.69, 9.17) is 4.74 Å². The van der Waals surface area contributed by atoms with Gasteiger partial charge in [-0.05, 0) is 30.7 Å². The molecule has 3 rings (SSSR count). The number of hydrogen-bond donors (Lipinski definition) is 1. The molecule has 2 aliphatic rings. The van der Waals surface area contributed by atoms with Gasteiger partial charge in [0, 0.05) is 31.1 Å². The molecule has 0 aliphatic carbocycles. The zero-order valence-corrected chi connectivity index (χ0v) is 12.0. The molecule has 3 heterocycles. The van der Waals surface area contributed by atoms with Crippen LogP contribution >= 0.6 is 11.3 Å². The Hall–Kier alpha value is -0.910. The van der Waals surface area contributed by atoms with Crippen molar-refractivity contribution in [1.29, 1.82) is 0 Å². The molecule has 5 heteroatoms. The van der Waals surface area contributed by atoms with Crippen LogP contribution in [0.4, 0.5) is 0 Å². The Morgan fingerprint density at radius 2 is 2.42 bits per heavy atom. The molecule has 0 spiro atoms. The van der Waals surface area contributed by atoms with E-state index in [1.54, 1.807) is 7.05 Å². The molecular weight excluding hydrogens is 260 g/mol. The quantitative estimate of drug-likeness (QED) is 0.915. The summed E-state index contributed by atoms with van der Waals surface area (Å²) >= 11 is 1.81. The number of rotatable bonds is 3. The lowest BCUT2D eigenvalue weighted by Crippen LogP contribution is -2.46. The van der Waals surface area contributed by atoms with Crippen molar-refractivity contribution in [3.05, 3.63) is 22.4 Å². The number of carbonyl (C=O) groups excluding carboxylic acids is 1. The van der Waals surface area contributed by atoms with E-state index in [-0.39, 0.29) is 18.1 Å². The maximum atomic E-state index is 11.6. The maximum absolute atomic E-state index is 11.6. The van der Waals surface area contributed by atoms with Crippen LogP contribution in [0.3, 0.4) is 0 Å². The summed E-state index contributed by atoms with van der Waals surface area (Å²) in [6.45, 7) is 2.10. The van der Waals surface area contributed by atoms with Crippen molar-refractivity contribution < 1.29 is 9.53 Å². The molecule has 3 atom stereocenters. The van der Waals surface area contributed by atoms with Crippen molar-refractivity contribution >= 4 is 17.2 Å². The number of amides is 1. The Morgan fingerprint density at radius 3 is 3.16 bits per heavy atom. The molecule has 2 aliphatic heterocycles. The van der Waals surface area contributed by atoms with Gasteiger partial charge in [0.1, 0.15) is 6.10 Å². The first kappa shape index (κ1) is 13.1. The van der Waals surface area contributed by atoms with E-state index in [0.29, 0.717) is 6.04 Å². The van der Waals surface area contributed by atoms with Crippen LogP contribution in [0.25, 0.3) is 0 Å². The third kappa shape index (κ3) is 2.68. The van der Waals surface area contributed by atoms with Gasteiger partial charge in [0.15, 0.2) is 0 Å². The molecule has 1 N–H and O–H groups in total. The van der Waals surface area contributed by atoms with E-state index in [0.717, 1.165) is 32.4 Å². The fourth-order valence-electron chi connectivity index (χ4n) is 3.17. The van der Waals surface area contributed by atoms with E-state index in [9.17, 15) is 4.79 Å².